The normalized spacial score (nSPS) is 22.5. The van der Waals surface area contributed by atoms with Gasteiger partial charge in [0.1, 0.15) is 0 Å². The van der Waals surface area contributed by atoms with Crippen molar-refractivity contribution in [2.45, 2.75) is 51.0 Å². The van der Waals surface area contributed by atoms with E-state index in [4.69, 9.17) is 0 Å². The number of carbonyl (C=O) groups is 2. The second-order valence-electron chi connectivity index (χ2n) is 9.00. The lowest BCUT2D eigenvalue weighted by Gasteiger charge is -2.42. The smallest absolute Gasteiger partial charge is 0.246 e. The van der Waals surface area contributed by atoms with Crippen LogP contribution in [0.2, 0.25) is 0 Å². The number of hydrogen-bond donors (Lipinski definition) is 0. The molecule has 0 spiro atoms. The standard InChI is InChI=1S/C25H35N3O2/c29-24(10-9-21-7-3-1-4-8-21)27-19-13-23(14-20-27)26-17-11-22(12-18-26)25(30)28-15-5-2-6-16-28/h1,3-4,7-10,22-23H,2,5-6,11-20H2. The Morgan fingerprint density at radius 3 is 2.10 bits per heavy atom. The molecule has 3 fully saturated rings. The van der Waals surface area contributed by atoms with E-state index in [9.17, 15) is 9.59 Å². The van der Waals surface area contributed by atoms with Gasteiger partial charge in [0.15, 0.2) is 0 Å². The Morgan fingerprint density at radius 1 is 0.767 bits per heavy atom. The van der Waals surface area contributed by atoms with Gasteiger partial charge in [-0.05, 0) is 69.7 Å². The second kappa shape index (κ2) is 10.3. The first-order valence-electron chi connectivity index (χ1n) is 11.8. The summed E-state index contributed by atoms with van der Waals surface area (Å²) in [5.41, 5.74) is 1.06. The molecule has 0 unspecified atom stereocenters. The van der Waals surface area contributed by atoms with Gasteiger partial charge in [0, 0.05) is 44.2 Å². The molecule has 30 heavy (non-hydrogen) atoms. The second-order valence-corrected chi connectivity index (χ2v) is 9.00. The van der Waals surface area contributed by atoms with E-state index < -0.39 is 0 Å². The lowest BCUT2D eigenvalue weighted by atomic mass is 9.91. The van der Waals surface area contributed by atoms with Crippen molar-refractivity contribution in [1.82, 2.24) is 14.7 Å². The largest absolute Gasteiger partial charge is 0.342 e. The van der Waals surface area contributed by atoms with Crippen LogP contribution >= 0.6 is 0 Å². The first kappa shape index (κ1) is 21.1. The van der Waals surface area contributed by atoms with Crippen molar-refractivity contribution in [1.29, 1.82) is 0 Å². The van der Waals surface area contributed by atoms with Gasteiger partial charge < -0.3 is 14.7 Å². The average Bonchev–Trinajstić information content (AvgIpc) is 2.83. The summed E-state index contributed by atoms with van der Waals surface area (Å²) in [4.78, 5) is 31.9. The minimum absolute atomic E-state index is 0.114. The van der Waals surface area contributed by atoms with Crippen LogP contribution in [0.3, 0.4) is 0 Å². The maximum absolute atomic E-state index is 12.8. The van der Waals surface area contributed by atoms with E-state index in [1.807, 2.05) is 41.3 Å². The van der Waals surface area contributed by atoms with Crippen LogP contribution < -0.4 is 0 Å². The van der Waals surface area contributed by atoms with Gasteiger partial charge >= 0.3 is 0 Å². The molecule has 0 saturated carbocycles. The van der Waals surface area contributed by atoms with E-state index in [0.29, 0.717) is 11.9 Å². The van der Waals surface area contributed by atoms with Crippen LogP contribution in [0.1, 0.15) is 50.5 Å². The van der Waals surface area contributed by atoms with E-state index in [2.05, 4.69) is 9.80 Å². The maximum Gasteiger partial charge on any atom is 0.246 e. The van der Waals surface area contributed by atoms with Crippen LogP contribution in [0, 0.1) is 5.92 Å². The Bertz CT molecular complexity index is 726. The number of benzene rings is 1. The van der Waals surface area contributed by atoms with E-state index in [0.717, 1.165) is 70.5 Å². The molecule has 3 heterocycles. The number of piperidine rings is 3. The summed E-state index contributed by atoms with van der Waals surface area (Å²) >= 11 is 0. The van der Waals surface area contributed by atoms with Gasteiger partial charge in [-0.25, -0.2) is 0 Å². The Kier molecular flexibility index (Phi) is 7.21. The highest BCUT2D eigenvalue weighted by Crippen LogP contribution is 2.26. The van der Waals surface area contributed by atoms with Crippen LogP contribution in [0.5, 0.6) is 0 Å². The number of nitrogens with zero attached hydrogens (tertiary/aromatic N) is 3. The predicted molar refractivity (Wildman–Crippen MR) is 120 cm³/mol. The molecule has 0 aliphatic carbocycles. The minimum Gasteiger partial charge on any atom is -0.342 e. The summed E-state index contributed by atoms with van der Waals surface area (Å²) in [7, 11) is 0. The quantitative estimate of drug-likeness (QED) is 0.716. The molecular formula is C25H35N3O2. The molecular weight excluding hydrogens is 374 g/mol. The highest BCUT2D eigenvalue weighted by Gasteiger charge is 2.33. The van der Waals surface area contributed by atoms with Crippen LogP contribution in [-0.4, -0.2) is 71.8 Å². The van der Waals surface area contributed by atoms with Gasteiger partial charge in [0.25, 0.3) is 0 Å². The summed E-state index contributed by atoms with van der Waals surface area (Å²) in [6.07, 6.45) is 11.3. The van der Waals surface area contributed by atoms with E-state index in [-0.39, 0.29) is 11.8 Å². The number of carbonyl (C=O) groups excluding carboxylic acids is 2. The van der Waals surface area contributed by atoms with Gasteiger partial charge in [-0.1, -0.05) is 30.3 Å². The molecule has 0 atom stereocenters. The summed E-state index contributed by atoms with van der Waals surface area (Å²) in [5.74, 6) is 0.743. The summed E-state index contributed by atoms with van der Waals surface area (Å²) in [5, 5.41) is 0. The lowest BCUT2D eigenvalue weighted by molar-refractivity contribution is -0.138. The highest BCUT2D eigenvalue weighted by atomic mass is 16.2. The van der Waals surface area contributed by atoms with Gasteiger partial charge in [-0.2, -0.15) is 0 Å². The molecule has 3 saturated heterocycles. The fourth-order valence-electron chi connectivity index (χ4n) is 5.17. The number of hydrogen-bond acceptors (Lipinski definition) is 3. The van der Waals surface area contributed by atoms with Crippen molar-refractivity contribution < 1.29 is 9.59 Å². The molecule has 5 heteroatoms. The Morgan fingerprint density at radius 2 is 1.43 bits per heavy atom. The van der Waals surface area contributed by atoms with Gasteiger partial charge in [-0.3, -0.25) is 9.59 Å². The molecule has 0 N–H and O–H groups in total. The molecule has 3 aliphatic rings. The lowest BCUT2D eigenvalue weighted by Crippen LogP contribution is -2.50. The molecule has 0 radical (unpaired) electrons. The third-order valence-electron chi connectivity index (χ3n) is 7.06. The molecule has 1 aromatic rings. The first-order valence-corrected chi connectivity index (χ1v) is 11.8. The molecule has 0 aromatic heterocycles. The topological polar surface area (TPSA) is 43.9 Å². The Labute approximate surface area is 180 Å². The van der Waals surface area contributed by atoms with Crippen LogP contribution in [0.4, 0.5) is 0 Å². The molecule has 3 aliphatic heterocycles. The molecule has 0 bridgehead atoms. The van der Waals surface area contributed by atoms with Crippen molar-refractivity contribution in [3.8, 4) is 0 Å². The number of rotatable bonds is 4. The van der Waals surface area contributed by atoms with Crippen molar-refractivity contribution in [3.05, 3.63) is 42.0 Å². The summed E-state index contributed by atoms with van der Waals surface area (Å²) in [6.45, 7) is 5.63. The van der Waals surface area contributed by atoms with Gasteiger partial charge in [0.2, 0.25) is 11.8 Å². The van der Waals surface area contributed by atoms with Gasteiger partial charge in [0.05, 0.1) is 0 Å². The maximum atomic E-state index is 12.8. The van der Waals surface area contributed by atoms with Crippen LogP contribution in [0.15, 0.2) is 36.4 Å². The van der Waals surface area contributed by atoms with Crippen LogP contribution in [-0.2, 0) is 9.59 Å². The van der Waals surface area contributed by atoms with Crippen molar-refractivity contribution >= 4 is 17.9 Å². The monoisotopic (exact) mass is 409 g/mol. The first-order chi connectivity index (χ1) is 14.7. The molecule has 5 nitrogen and oxygen atoms in total. The fraction of sp³-hybridized carbons (Fsp3) is 0.600. The fourth-order valence-corrected chi connectivity index (χ4v) is 5.17. The van der Waals surface area contributed by atoms with Crippen molar-refractivity contribution in [2.24, 2.45) is 5.92 Å². The summed E-state index contributed by atoms with van der Waals surface area (Å²) in [6, 6.07) is 10.5. The minimum atomic E-state index is 0.114. The average molecular weight is 410 g/mol. The van der Waals surface area contributed by atoms with E-state index in [1.165, 1.54) is 19.3 Å². The zero-order chi connectivity index (χ0) is 20.8. The zero-order valence-corrected chi connectivity index (χ0v) is 18.0. The third-order valence-corrected chi connectivity index (χ3v) is 7.06. The van der Waals surface area contributed by atoms with Crippen molar-refractivity contribution in [2.75, 3.05) is 39.3 Å². The Balaban J connectivity index is 1.20. The number of likely N-dealkylation sites (tertiary alicyclic amines) is 3. The summed E-state index contributed by atoms with van der Waals surface area (Å²) < 4.78 is 0. The zero-order valence-electron chi connectivity index (χ0n) is 18.0. The van der Waals surface area contributed by atoms with E-state index >= 15 is 0 Å². The third kappa shape index (κ3) is 5.31. The molecule has 1 aromatic carbocycles. The van der Waals surface area contributed by atoms with E-state index in [1.54, 1.807) is 6.08 Å². The molecule has 162 valence electrons. The SMILES string of the molecule is O=C(C=Cc1ccccc1)N1CCC(N2CCC(C(=O)N3CCCCC3)CC2)CC1. The number of amides is 2. The Hall–Kier alpha value is -2.14. The van der Waals surface area contributed by atoms with Crippen molar-refractivity contribution in [3.63, 3.8) is 0 Å². The van der Waals surface area contributed by atoms with Crippen LogP contribution in [0.25, 0.3) is 6.08 Å². The van der Waals surface area contributed by atoms with Gasteiger partial charge in [-0.15, -0.1) is 0 Å². The molecule has 4 rings (SSSR count). The predicted octanol–water partition coefficient (Wildman–Crippen LogP) is 3.42. The molecule has 2 amide bonds. The highest BCUT2D eigenvalue weighted by molar-refractivity contribution is 5.91.